The fourth-order valence-corrected chi connectivity index (χ4v) is 4.06. The van der Waals surface area contributed by atoms with E-state index in [9.17, 15) is 32.7 Å². The first kappa shape index (κ1) is 30.2. The predicted molar refractivity (Wildman–Crippen MR) is 145 cm³/mol. The highest BCUT2D eigenvalue weighted by atomic mass is 19.4. The van der Waals surface area contributed by atoms with Crippen molar-refractivity contribution in [1.29, 1.82) is 5.41 Å². The Morgan fingerprint density at radius 2 is 1.72 bits per heavy atom. The molecule has 4 rings (SSSR count). The molecule has 0 saturated heterocycles. The van der Waals surface area contributed by atoms with Gasteiger partial charge in [0, 0.05) is 11.8 Å². The van der Waals surface area contributed by atoms with Gasteiger partial charge in [-0.1, -0.05) is 18.2 Å². The van der Waals surface area contributed by atoms with E-state index < -0.39 is 41.4 Å². The van der Waals surface area contributed by atoms with E-state index in [0.717, 1.165) is 10.7 Å². The number of hydrogen-bond acceptors (Lipinski definition) is 9. The van der Waals surface area contributed by atoms with E-state index >= 15 is 0 Å². The Kier molecular flexibility index (Phi) is 8.40. The molecule has 0 bridgehead atoms. The number of carboxylic acids is 1. The smallest absolute Gasteiger partial charge is 0.491 e. The highest BCUT2D eigenvalue weighted by Crippen LogP contribution is 2.34. The number of hydrogen-bond donors (Lipinski definition) is 5. The molecule has 1 heterocycles. The zero-order chi connectivity index (χ0) is 31.5. The molecule has 43 heavy (non-hydrogen) atoms. The molecular formula is C27H23F3N6O7. The number of ether oxygens (including phenoxy) is 3. The zero-order valence-electron chi connectivity index (χ0n) is 22.4. The number of amidine groups is 1. The molecule has 0 spiro atoms. The van der Waals surface area contributed by atoms with Crippen LogP contribution >= 0.6 is 0 Å². The van der Waals surface area contributed by atoms with Crippen LogP contribution < -0.4 is 31.0 Å². The van der Waals surface area contributed by atoms with Gasteiger partial charge in [-0.3, -0.25) is 10.4 Å². The lowest BCUT2D eigenvalue weighted by Crippen LogP contribution is -2.29. The average molecular weight is 601 g/mol. The number of nitrogens with one attached hydrogen (secondary N) is 3. The summed E-state index contributed by atoms with van der Waals surface area (Å²) in [6, 6.07) is 12.9. The van der Waals surface area contributed by atoms with Gasteiger partial charge < -0.3 is 30.4 Å². The van der Waals surface area contributed by atoms with Crippen molar-refractivity contribution in [1.82, 2.24) is 14.8 Å². The summed E-state index contributed by atoms with van der Waals surface area (Å²) in [5.41, 5.74) is 4.65. The number of rotatable bonds is 10. The molecule has 4 aromatic rings. The van der Waals surface area contributed by atoms with Crippen molar-refractivity contribution in [3.8, 4) is 22.9 Å². The molecule has 0 aliphatic carbocycles. The number of anilines is 1. The van der Waals surface area contributed by atoms with Crippen LogP contribution in [0.4, 0.5) is 18.9 Å². The number of methoxy groups -OCH3 is 2. The number of esters is 1. The fraction of sp³-hybridized carbons (Fsp3) is 0.148. The Labute approximate surface area is 240 Å². The number of H-pyrrole nitrogens is 1. The molecule has 0 fully saturated rings. The van der Waals surface area contributed by atoms with Crippen molar-refractivity contribution in [2.45, 2.75) is 12.2 Å². The number of nitrogens with two attached hydrogens (primary N) is 1. The van der Waals surface area contributed by atoms with E-state index in [-0.39, 0.29) is 34.1 Å². The number of aromatic carboxylic acids is 1. The van der Waals surface area contributed by atoms with E-state index in [1.165, 1.54) is 50.6 Å². The van der Waals surface area contributed by atoms with Gasteiger partial charge in [0.1, 0.15) is 17.6 Å². The third kappa shape index (κ3) is 6.42. The summed E-state index contributed by atoms with van der Waals surface area (Å²) >= 11 is 0. The second-order valence-electron chi connectivity index (χ2n) is 8.75. The monoisotopic (exact) mass is 600 g/mol. The highest BCUT2D eigenvalue weighted by Gasteiger charge is 2.42. The first-order valence-corrected chi connectivity index (χ1v) is 12.1. The Morgan fingerprint density at radius 3 is 2.35 bits per heavy atom. The first-order chi connectivity index (χ1) is 20.3. The normalized spacial score (nSPS) is 11.8. The summed E-state index contributed by atoms with van der Waals surface area (Å²) in [6.07, 6.45) is -5.32. The van der Waals surface area contributed by atoms with Gasteiger partial charge in [-0.15, -0.1) is 5.10 Å². The number of halogens is 3. The molecule has 224 valence electrons. The van der Waals surface area contributed by atoms with Gasteiger partial charge in [-0.05, 0) is 42.0 Å². The maximum absolute atomic E-state index is 13.0. The van der Waals surface area contributed by atoms with Crippen LogP contribution in [0.15, 0.2) is 65.5 Å². The minimum atomic E-state index is -5.32. The average Bonchev–Trinajstić information content (AvgIpc) is 3.35. The van der Waals surface area contributed by atoms with Gasteiger partial charge in [0.05, 0.1) is 31.0 Å². The van der Waals surface area contributed by atoms with Crippen LogP contribution in [0.2, 0.25) is 0 Å². The van der Waals surface area contributed by atoms with E-state index in [1.54, 1.807) is 18.2 Å². The van der Waals surface area contributed by atoms with Crippen molar-refractivity contribution in [2.24, 2.45) is 5.73 Å². The van der Waals surface area contributed by atoms with Crippen LogP contribution in [0.3, 0.4) is 0 Å². The number of para-hydroxylation sites is 1. The number of aromatic nitrogens is 3. The minimum Gasteiger partial charge on any atom is -0.493 e. The lowest BCUT2D eigenvalue weighted by atomic mass is 10.0. The molecule has 1 atom stereocenters. The van der Waals surface area contributed by atoms with Crippen molar-refractivity contribution in [2.75, 3.05) is 19.5 Å². The molecule has 6 N–H and O–H groups in total. The summed E-state index contributed by atoms with van der Waals surface area (Å²) in [4.78, 5) is 38.9. The summed E-state index contributed by atoms with van der Waals surface area (Å²) < 4.78 is 54.8. The fourth-order valence-electron chi connectivity index (χ4n) is 4.06. The van der Waals surface area contributed by atoms with Crippen molar-refractivity contribution in [3.05, 3.63) is 93.7 Å². The largest absolute Gasteiger partial charge is 0.493 e. The number of carbonyl (C=O) groups excluding carboxylic acids is 1. The maximum Gasteiger partial charge on any atom is 0.491 e. The number of aromatic amines is 1. The van der Waals surface area contributed by atoms with Crippen LogP contribution in [0.25, 0.3) is 5.69 Å². The van der Waals surface area contributed by atoms with E-state index in [1.807, 2.05) is 0 Å². The zero-order valence-corrected chi connectivity index (χ0v) is 22.4. The number of nitrogen functional groups attached to an aromatic ring is 1. The van der Waals surface area contributed by atoms with Gasteiger partial charge in [-0.2, -0.15) is 17.9 Å². The van der Waals surface area contributed by atoms with Crippen molar-refractivity contribution < 1.29 is 42.1 Å². The topological polar surface area (TPSA) is 195 Å². The third-order valence-corrected chi connectivity index (χ3v) is 6.03. The number of benzene rings is 3. The molecule has 0 amide bonds. The Balaban J connectivity index is 1.85. The lowest BCUT2D eigenvalue weighted by Gasteiger charge is -2.21. The molecule has 0 aliphatic heterocycles. The molecule has 1 aromatic heterocycles. The number of carboxylic acid groups (broad SMARTS) is 1. The van der Waals surface area contributed by atoms with Gasteiger partial charge in [-0.25, -0.2) is 14.4 Å². The van der Waals surface area contributed by atoms with Crippen LogP contribution in [0.5, 0.6) is 17.2 Å². The molecule has 3 aromatic carbocycles. The quantitative estimate of drug-likeness (QED) is 0.0781. The Morgan fingerprint density at radius 1 is 1.02 bits per heavy atom. The molecule has 16 heteroatoms. The second-order valence-corrected chi connectivity index (χ2v) is 8.75. The lowest BCUT2D eigenvalue weighted by molar-refractivity contribution is -0.189. The van der Waals surface area contributed by atoms with Crippen molar-refractivity contribution in [3.63, 3.8) is 0 Å². The number of alkyl halides is 3. The molecule has 13 nitrogen and oxygen atoms in total. The summed E-state index contributed by atoms with van der Waals surface area (Å²) in [7, 11) is 2.82. The molecule has 0 aliphatic rings. The van der Waals surface area contributed by atoms with Crippen LogP contribution in [-0.2, 0) is 4.79 Å². The van der Waals surface area contributed by atoms with Gasteiger partial charge in [0.15, 0.2) is 17.3 Å². The summed E-state index contributed by atoms with van der Waals surface area (Å²) in [5, 5.41) is 24.6. The molecule has 0 radical (unpaired) electrons. The van der Waals surface area contributed by atoms with E-state index in [2.05, 4.69) is 20.1 Å². The van der Waals surface area contributed by atoms with E-state index in [0.29, 0.717) is 11.3 Å². The van der Waals surface area contributed by atoms with Crippen LogP contribution in [0.1, 0.15) is 33.4 Å². The first-order valence-electron chi connectivity index (χ1n) is 12.1. The summed E-state index contributed by atoms with van der Waals surface area (Å²) in [6.45, 7) is 0. The van der Waals surface area contributed by atoms with Crippen molar-refractivity contribution >= 4 is 23.5 Å². The third-order valence-electron chi connectivity index (χ3n) is 6.03. The molecule has 1 unspecified atom stereocenters. The standard InChI is InChI=1S/C27H23F3N6O7/c1-41-18-10-7-13(11-20(18)42-2)21(23-34-26(40)36(35-23)17-6-4-3-5-15(17)24(37)38)33-14-8-9-16(22(31)32)19(12-14)43-25(39)27(28,29)30/h3-12,21,33H,1-2H3,(H3,31,32)(H,37,38)(H,34,35,40). The maximum atomic E-state index is 13.0. The van der Waals surface area contributed by atoms with Crippen LogP contribution in [0, 0.1) is 5.41 Å². The Bertz CT molecular complexity index is 1770. The SMILES string of the molecule is COc1ccc(C(Nc2ccc(C(=N)N)c(OC(=O)C(F)(F)F)c2)c2nn(-c3ccccc3C(=O)O)c(=O)[nH]2)cc1OC. The van der Waals surface area contributed by atoms with Crippen LogP contribution in [-0.4, -0.2) is 58.0 Å². The second kappa shape index (κ2) is 12.0. The molecular weight excluding hydrogens is 577 g/mol. The number of nitrogens with zero attached hydrogens (tertiary/aromatic N) is 2. The van der Waals surface area contributed by atoms with Gasteiger partial charge >= 0.3 is 23.8 Å². The van der Waals surface area contributed by atoms with E-state index in [4.69, 9.17) is 20.6 Å². The summed E-state index contributed by atoms with van der Waals surface area (Å²) in [5.74, 6) is -4.52. The van der Waals surface area contributed by atoms with Gasteiger partial charge in [0.25, 0.3) is 0 Å². The van der Waals surface area contributed by atoms with Gasteiger partial charge in [0.2, 0.25) is 0 Å². The highest BCUT2D eigenvalue weighted by molar-refractivity contribution is 5.99. The Hall–Kier alpha value is -5.80. The predicted octanol–water partition coefficient (Wildman–Crippen LogP) is 3.23. The number of carbonyl (C=O) groups is 2. The minimum absolute atomic E-state index is 0.0271. The molecule has 0 saturated carbocycles.